The molecule has 0 N–H and O–H groups in total. The largest absolute Gasteiger partial charge is 0.497 e. The van der Waals surface area contributed by atoms with Crippen LogP contribution in [0.15, 0.2) is 11.8 Å². The molecule has 0 saturated carbocycles. The van der Waals surface area contributed by atoms with Crippen LogP contribution in [0.5, 0.6) is 0 Å². The summed E-state index contributed by atoms with van der Waals surface area (Å²) in [5.41, 5.74) is 0.0403. The smallest absolute Gasteiger partial charge is 0.159 e. The number of carbonyl (C=O) groups excluding carboxylic acids is 1. The molecule has 0 radical (unpaired) electrons. The topological polar surface area (TPSA) is 26.3 Å². The molecule has 0 atom stereocenters. The summed E-state index contributed by atoms with van der Waals surface area (Å²) in [7, 11) is 0. The number of carbonyl (C=O) groups is 1. The summed E-state index contributed by atoms with van der Waals surface area (Å²) < 4.78 is 5.76. The Hall–Kier alpha value is -0.790. The summed E-state index contributed by atoms with van der Waals surface area (Å²) in [6.07, 6.45) is 8.09. The van der Waals surface area contributed by atoms with Crippen LogP contribution in [-0.2, 0) is 9.53 Å². The van der Waals surface area contributed by atoms with E-state index in [9.17, 15) is 4.79 Å². The van der Waals surface area contributed by atoms with E-state index in [0.29, 0.717) is 6.42 Å². The van der Waals surface area contributed by atoms with Gasteiger partial charge in [-0.2, -0.15) is 0 Å². The van der Waals surface area contributed by atoms with Gasteiger partial charge in [-0.15, -0.1) is 0 Å². The van der Waals surface area contributed by atoms with Gasteiger partial charge in [-0.1, -0.05) is 40.0 Å². The molecule has 0 amide bonds. The second kappa shape index (κ2) is 6.07. The standard InChI is InChI=1S/C14H24O2/c1-4-5-6-7-10-16-13-11-12(15)8-9-14(13,2)3/h11H,4-10H2,1-3H3. The number of hydrogen-bond acceptors (Lipinski definition) is 2. The summed E-state index contributed by atoms with van der Waals surface area (Å²) in [5, 5.41) is 0. The minimum atomic E-state index is 0.0403. The number of allylic oxidation sites excluding steroid dienone is 2. The van der Waals surface area contributed by atoms with Gasteiger partial charge in [0.05, 0.1) is 6.61 Å². The SMILES string of the molecule is CCCCCCOC1=CC(=O)CCC1(C)C. The third-order valence-electron chi connectivity index (χ3n) is 3.21. The monoisotopic (exact) mass is 224 g/mol. The van der Waals surface area contributed by atoms with Gasteiger partial charge in [0, 0.05) is 17.9 Å². The Balaban J connectivity index is 2.36. The number of ketones is 1. The van der Waals surface area contributed by atoms with Crippen molar-refractivity contribution in [3.8, 4) is 0 Å². The third kappa shape index (κ3) is 3.99. The lowest BCUT2D eigenvalue weighted by Gasteiger charge is -2.30. The Morgan fingerprint density at radius 2 is 2.06 bits per heavy atom. The molecule has 2 heteroatoms. The van der Waals surface area contributed by atoms with Crippen molar-refractivity contribution in [1.82, 2.24) is 0 Å². The fourth-order valence-corrected chi connectivity index (χ4v) is 1.92. The summed E-state index contributed by atoms with van der Waals surface area (Å²) in [6.45, 7) is 7.25. The molecule has 16 heavy (non-hydrogen) atoms. The number of ether oxygens (including phenoxy) is 1. The zero-order valence-electron chi connectivity index (χ0n) is 10.8. The van der Waals surface area contributed by atoms with E-state index in [-0.39, 0.29) is 11.2 Å². The van der Waals surface area contributed by atoms with Gasteiger partial charge in [-0.05, 0) is 12.8 Å². The molecule has 92 valence electrons. The zero-order chi connectivity index (χ0) is 12.0. The molecule has 0 spiro atoms. The van der Waals surface area contributed by atoms with E-state index >= 15 is 0 Å². The van der Waals surface area contributed by atoms with E-state index in [1.165, 1.54) is 19.3 Å². The molecular formula is C14H24O2. The number of rotatable bonds is 6. The molecule has 0 bridgehead atoms. The van der Waals surface area contributed by atoms with Crippen LogP contribution in [0, 0.1) is 5.41 Å². The normalized spacial score (nSPS) is 19.4. The Kier molecular flexibility index (Phi) is 5.04. The molecule has 0 saturated heterocycles. The predicted molar refractivity (Wildman–Crippen MR) is 66.2 cm³/mol. The molecule has 0 aliphatic heterocycles. The average molecular weight is 224 g/mol. The fourth-order valence-electron chi connectivity index (χ4n) is 1.92. The highest BCUT2D eigenvalue weighted by atomic mass is 16.5. The van der Waals surface area contributed by atoms with Gasteiger partial charge in [0.25, 0.3) is 0 Å². The molecule has 2 nitrogen and oxygen atoms in total. The van der Waals surface area contributed by atoms with E-state index in [1.54, 1.807) is 6.08 Å². The van der Waals surface area contributed by atoms with Gasteiger partial charge in [0.2, 0.25) is 0 Å². The van der Waals surface area contributed by atoms with Crippen LogP contribution in [0.3, 0.4) is 0 Å². The van der Waals surface area contributed by atoms with Crippen LogP contribution in [0.1, 0.15) is 59.3 Å². The van der Waals surface area contributed by atoms with Gasteiger partial charge in [-0.25, -0.2) is 0 Å². The third-order valence-corrected chi connectivity index (χ3v) is 3.21. The highest BCUT2D eigenvalue weighted by Crippen LogP contribution is 2.36. The molecule has 1 aliphatic carbocycles. The van der Waals surface area contributed by atoms with Crippen molar-refractivity contribution >= 4 is 5.78 Å². The quantitative estimate of drug-likeness (QED) is 0.640. The molecule has 0 fully saturated rings. The van der Waals surface area contributed by atoms with Crippen LogP contribution in [0.25, 0.3) is 0 Å². The molecule has 1 aliphatic rings. The van der Waals surface area contributed by atoms with Crippen LogP contribution >= 0.6 is 0 Å². The van der Waals surface area contributed by atoms with Crippen LogP contribution < -0.4 is 0 Å². The Morgan fingerprint density at radius 3 is 2.75 bits per heavy atom. The maximum atomic E-state index is 11.3. The Bertz CT molecular complexity index is 264. The lowest BCUT2D eigenvalue weighted by Crippen LogP contribution is -2.24. The summed E-state index contributed by atoms with van der Waals surface area (Å²) in [4.78, 5) is 11.3. The van der Waals surface area contributed by atoms with Gasteiger partial charge in [0.15, 0.2) is 5.78 Å². The van der Waals surface area contributed by atoms with Gasteiger partial charge >= 0.3 is 0 Å². The van der Waals surface area contributed by atoms with Crippen molar-refractivity contribution in [2.75, 3.05) is 6.61 Å². The first kappa shape index (κ1) is 13.3. The molecule has 0 unspecified atom stereocenters. The second-order valence-electron chi connectivity index (χ2n) is 5.27. The van der Waals surface area contributed by atoms with Crippen molar-refractivity contribution in [2.45, 2.75) is 59.3 Å². The van der Waals surface area contributed by atoms with Crippen molar-refractivity contribution in [3.05, 3.63) is 11.8 Å². The minimum absolute atomic E-state index is 0.0403. The van der Waals surface area contributed by atoms with Crippen LogP contribution in [0.2, 0.25) is 0 Å². The molecule has 0 aromatic rings. The summed E-state index contributed by atoms with van der Waals surface area (Å²) in [6, 6.07) is 0. The molecule has 1 rings (SSSR count). The molecule has 0 aromatic carbocycles. The van der Waals surface area contributed by atoms with Gasteiger partial charge in [-0.3, -0.25) is 4.79 Å². The van der Waals surface area contributed by atoms with Gasteiger partial charge < -0.3 is 4.74 Å². The van der Waals surface area contributed by atoms with Crippen molar-refractivity contribution < 1.29 is 9.53 Å². The molecular weight excluding hydrogens is 200 g/mol. The van der Waals surface area contributed by atoms with Gasteiger partial charge in [0.1, 0.15) is 5.76 Å². The van der Waals surface area contributed by atoms with Crippen LogP contribution in [-0.4, -0.2) is 12.4 Å². The van der Waals surface area contributed by atoms with Crippen LogP contribution in [0.4, 0.5) is 0 Å². The lowest BCUT2D eigenvalue weighted by atomic mass is 9.80. The highest BCUT2D eigenvalue weighted by Gasteiger charge is 2.30. The average Bonchev–Trinajstić information content (AvgIpc) is 2.23. The number of hydrogen-bond donors (Lipinski definition) is 0. The molecule has 0 aromatic heterocycles. The molecule has 0 heterocycles. The van der Waals surface area contributed by atoms with E-state index in [2.05, 4.69) is 20.8 Å². The first-order chi connectivity index (χ1) is 7.56. The van der Waals surface area contributed by atoms with Crippen molar-refractivity contribution in [3.63, 3.8) is 0 Å². The van der Waals surface area contributed by atoms with Crippen molar-refractivity contribution in [2.24, 2.45) is 5.41 Å². The predicted octanol–water partition coefficient (Wildman–Crippen LogP) is 3.86. The first-order valence-electron chi connectivity index (χ1n) is 6.44. The second-order valence-corrected chi connectivity index (χ2v) is 5.27. The van der Waals surface area contributed by atoms with E-state index in [4.69, 9.17) is 4.74 Å². The van der Waals surface area contributed by atoms with E-state index in [1.807, 2.05) is 0 Å². The lowest BCUT2D eigenvalue weighted by molar-refractivity contribution is -0.116. The maximum Gasteiger partial charge on any atom is 0.159 e. The fraction of sp³-hybridized carbons (Fsp3) is 0.786. The van der Waals surface area contributed by atoms with E-state index < -0.39 is 0 Å². The Morgan fingerprint density at radius 1 is 1.31 bits per heavy atom. The minimum Gasteiger partial charge on any atom is -0.497 e. The number of unbranched alkanes of at least 4 members (excludes halogenated alkanes) is 3. The Labute approximate surface area is 99.1 Å². The first-order valence-corrected chi connectivity index (χ1v) is 6.44. The highest BCUT2D eigenvalue weighted by molar-refractivity contribution is 5.91. The van der Waals surface area contributed by atoms with Crippen molar-refractivity contribution in [1.29, 1.82) is 0 Å². The summed E-state index contributed by atoms with van der Waals surface area (Å²) >= 11 is 0. The maximum absolute atomic E-state index is 11.3. The summed E-state index contributed by atoms with van der Waals surface area (Å²) in [5.74, 6) is 1.10. The zero-order valence-corrected chi connectivity index (χ0v) is 10.8. The van der Waals surface area contributed by atoms with E-state index in [0.717, 1.165) is 25.2 Å².